The molecule has 3 aliphatic rings. The second-order valence-corrected chi connectivity index (χ2v) is 10.6. The standard InChI is InChI=1S/C24H36N4OS/c29-24(22-16-19-17-28(18-23(19)30-22)20-6-2-3-7-20)25-10-15-26-13-8-21(9-14-26)27-11-4-1-5-12-27/h16-18,20-21H,1-15H2,(H,25,29). The van der Waals surface area contributed by atoms with Crippen molar-refractivity contribution in [3.63, 3.8) is 0 Å². The number of carbonyl (C=O) groups is 1. The second kappa shape index (κ2) is 9.41. The molecule has 2 aliphatic heterocycles. The van der Waals surface area contributed by atoms with E-state index in [1.807, 2.05) is 0 Å². The third-order valence-corrected chi connectivity index (χ3v) is 8.58. The first-order valence-electron chi connectivity index (χ1n) is 12.1. The van der Waals surface area contributed by atoms with Gasteiger partial charge in [0.15, 0.2) is 0 Å². The maximum absolute atomic E-state index is 12.6. The smallest absolute Gasteiger partial charge is 0.261 e. The van der Waals surface area contributed by atoms with E-state index in [1.165, 1.54) is 94.1 Å². The van der Waals surface area contributed by atoms with Gasteiger partial charge in [0.2, 0.25) is 0 Å². The van der Waals surface area contributed by atoms with E-state index in [0.717, 1.165) is 24.0 Å². The first kappa shape index (κ1) is 20.5. The van der Waals surface area contributed by atoms with Gasteiger partial charge in [-0.25, -0.2) is 0 Å². The van der Waals surface area contributed by atoms with Crippen LogP contribution in [-0.4, -0.2) is 65.6 Å². The van der Waals surface area contributed by atoms with E-state index < -0.39 is 0 Å². The molecule has 6 heteroatoms. The van der Waals surface area contributed by atoms with Gasteiger partial charge in [0, 0.05) is 43.0 Å². The van der Waals surface area contributed by atoms with Crippen molar-refractivity contribution in [2.45, 2.75) is 69.9 Å². The summed E-state index contributed by atoms with van der Waals surface area (Å²) in [5, 5.41) is 4.37. The molecule has 2 aromatic heterocycles. The lowest BCUT2D eigenvalue weighted by Gasteiger charge is -2.40. The van der Waals surface area contributed by atoms with Gasteiger partial charge in [-0.2, -0.15) is 0 Å². The highest BCUT2D eigenvalue weighted by Gasteiger charge is 2.25. The Labute approximate surface area is 184 Å². The monoisotopic (exact) mass is 428 g/mol. The Bertz CT molecular complexity index is 807. The van der Waals surface area contributed by atoms with E-state index in [0.29, 0.717) is 6.04 Å². The van der Waals surface area contributed by atoms with Crippen LogP contribution in [0.25, 0.3) is 10.1 Å². The highest BCUT2D eigenvalue weighted by molar-refractivity contribution is 7.20. The lowest BCUT2D eigenvalue weighted by atomic mass is 10.00. The summed E-state index contributed by atoms with van der Waals surface area (Å²) in [6, 6.07) is 3.53. The van der Waals surface area contributed by atoms with Crippen LogP contribution in [0.2, 0.25) is 0 Å². The number of rotatable bonds is 6. The summed E-state index contributed by atoms with van der Waals surface area (Å²) in [7, 11) is 0. The quantitative estimate of drug-likeness (QED) is 0.737. The Hall–Kier alpha value is -1.37. The lowest BCUT2D eigenvalue weighted by molar-refractivity contribution is 0.0883. The highest BCUT2D eigenvalue weighted by atomic mass is 32.1. The Kier molecular flexibility index (Phi) is 6.44. The zero-order valence-electron chi connectivity index (χ0n) is 18.2. The largest absolute Gasteiger partial charge is 0.350 e. The SMILES string of the molecule is O=C(NCCN1CCC(N2CCCCC2)CC1)c1cc2cn(C3CCCC3)cc2s1. The van der Waals surface area contributed by atoms with Crippen LogP contribution in [0.3, 0.4) is 0 Å². The number of thiophene rings is 1. The molecule has 164 valence electrons. The Morgan fingerprint density at radius 3 is 2.43 bits per heavy atom. The van der Waals surface area contributed by atoms with Crippen molar-refractivity contribution >= 4 is 27.3 Å². The molecule has 0 spiro atoms. The first-order valence-corrected chi connectivity index (χ1v) is 12.9. The van der Waals surface area contributed by atoms with Crippen molar-refractivity contribution in [3.8, 4) is 0 Å². The molecule has 30 heavy (non-hydrogen) atoms. The van der Waals surface area contributed by atoms with Crippen LogP contribution >= 0.6 is 11.3 Å². The molecule has 0 atom stereocenters. The van der Waals surface area contributed by atoms with Crippen LogP contribution in [0.5, 0.6) is 0 Å². The third-order valence-electron chi connectivity index (χ3n) is 7.49. The van der Waals surface area contributed by atoms with Crippen molar-refractivity contribution in [1.29, 1.82) is 0 Å². The maximum Gasteiger partial charge on any atom is 0.261 e. The van der Waals surface area contributed by atoms with E-state index in [1.54, 1.807) is 11.3 Å². The van der Waals surface area contributed by atoms with E-state index >= 15 is 0 Å². The number of likely N-dealkylation sites (tertiary alicyclic amines) is 2. The van der Waals surface area contributed by atoms with Crippen LogP contribution in [0, 0.1) is 0 Å². The van der Waals surface area contributed by atoms with Crippen molar-refractivity contribution < 1.29 is 4.79 Å². The number of fused-ring (bicyclic) bond motifs is 1. The molecule has 0 bridgehead atoms. The number of aromatic nitrogens is 1. The Balaban J connectivity index is 1.06. The highest BCUT2D eigenvalue weighted by Crippen LogP contribution is 2.34. The third kappa shape index (κ3) is 4.61. The van der Waals surface area contributed by atoms with Crippen LogP contribution < -0.4 is 5.32 Å². The normalized spacial score (nSPS) is 22.8. The molecule has 5 nitrogen and oxygen atoms in total. The number of piperidine rings is 2. The van der Waals surface area contributed by atoms with Gasteiger partial charge in [-0.05, 0) is 70.8 Å². The minimum atomic E-state index is 0.0896. The maximum atomic E-state index is 12.6. The van der Waals surface area contributed by atoms with Gasteiger partial charge in [0.1, 0.15) is 0 Å². The average Bonchev–Trinajstić information content (AvgIpc) is 3.51. The number of amides is 1. The van der Waals surface area contributed by atoms with Crippen molar-refractivity contribution in [2.75, 3.05) is 39.3 Å². The zero-order chi connectivity index (χ0) is 20.3. The molecule has 0 aromatic carbocycles. The Morgan fingerprint density at radius 1 is 0.933 bits per heavy atom. The van der Waals surface area contributed by atoms with Crippen LogP contribution in [0.1, 0.15) is 73.5 Å². The summed E-state index contributed by atoms with van der Waals surface area (Å²) in [4.78, 5) is 18.7. The number of hydrogen-bond donors (Lipinski definition) is 1. The molecule has 1 aliphatic carbocycles. The van der Waals surface area contributed by atoms with Crippen molar-refractivity contribution in [3.05, 3.63) is 23.3 Å². The van der Waals surface area contributed by atoms with E-state index in [2.05, 4.69) is 38.1 Å². The zero-order valence-corrected chi connectivity index (χ0v) is 19.0. The van der Waals surface area contributed by atoms with E-state index in [-0.39, 0.29) is 5.91 Å². The van der Waals surface area contributed by atoms with Crippen molar-refractivity contribution in [2.24, 2.45) is 0 Å². The average molecular weight is 429 g/mol. The van der Waals surface area contributed by atoms with Crippen LogP contribution in [-0.2, 0) is 0 Å². The predicted octanol–water partition coefficient (Wildman–Crippen LogP) is 4.50. The fraction of sp³-hybridized carbons (Fsp3) is 0.708. The summed E-state index contributed by atoms with van der Waals surface area (Å²) >= 11 is 1.64. The summed E-state index contributed by atoms with van der Waals surface area (Å²) in [5.41, 5.74) is 0. The molecular formula is C24H36N4OS. The van der Waals surface area contributed by atoms with E-state index in [9.17, 15) is 4.79 Å². The molecule has 0 radical (unpaired) electrons. The summed E-state index contributed by atoms with van der Waals surface area (Å²) in [6.45, 7) is 6.67. The minimum Gasteiger partial charge on any atom is -0.350 e. The number of nitrogens with one attached hydrogen (secondary N) is 1. The molecule has 0 unspecified atom stereocenters. The molecule has 2 aromatic rings. The molecule has 1 amide bonds. The minimum absolute atomic E-state index is 0.0896. The van der Waals surface area contributed by atoms with Gasteiger partial charge in [-0.1, -0.05) is 19.3 Å². The van der Waals surface area contributed by atoms with Gasteiger partial charge >= 0.3 is 0 Å². The molecule has 1 N–H and O–H groups in total. The molecular weight excluding hydrogens is 392 g/mol. The fourth-order valence-corrected chi connectivity index (χ4v) is 6.68. The van der Waals surface area contributed by atoms with Crippen molar-refractivity contribution in [1.82, 2.24) is 19.7 Å². The van der Waals surface area contributed by atoms with Gasteiger partial charge in [-0.15, -0.1) is 11.3 Å². The number of carbonyl (C=O) groups excluding carboxylic acids is 1. The van der Waals surface area contributed by atoms with Crippen LogP contribution in [0.15, 0.2) is 18.5 Å². The molecule has 4 heterocycles. The van der Waals surface area contributed by atoms with Gasteiger partial charge in [-0.3, -0.25) is 4.79 Å². The Morgan fingerprint density at radius 2 is 1.70 bits per heavy atom. The number of hydrogen-bond acceptors (Lipinski definition) is 4. The summed E-state index contributed by atoms with van der Waals surface area (Å²) in [6.07, 6.45) is 16.5. The molecule has 5 rings (SSSR count). The van der Waals surface area contributed by atoms with E-state index in [4.69, 9.17) is 0 Å². The second-order valence-electron chi connectivity index (χ2n) is 9.50. The van der Waals surface area contributed by atoms with Crippen LogP contribution in [0.4, 0.5) is 0 Å². The summed E-state index contributed by atoms with van der Waals surface area (Å²) in [5.74, 6) is 0.0896. The number of nitrogens with zero attached hydrogens (tertiary/aromatic N) is 3. The van der Waals surface area contributed by atoms with Gasteiger partial charge < -0.3 is 19.7 Å². The van der Waals surface area contributed by atoms with Gasteiger partial charge in [0.05, 0.1) is 9.58 Å². The molecule has 2 saturated heterocycles. The fourth-order valence-electron chi connectivity index (χ4n) is 5.69. The lowest BCUT2D eigenvalue weighted by Crippen LogP contribution is -2.48. The predicted molar refractivity (Wildman–Crippen MR) is 125 cm³/mol. The summed E-state index contributed by atoms with van der Waals surface area (Å²) < 4.78 is 3.62. The molecule has 1 saturated carbocycles. The first-order chi connectivity index (χ1) is 14.8. The topological polar surface area (TPSA) is 40.5 Å². The molecule has 3 fully saturated rings. The van der Waals surface area contributed by atoms with Gasteiger partial charge in [0.25, 0.3) is 5.91 Å².